The van der Waals surface area contributed by atoms with Crippen LogP contribution in [0.15, 0.2) is 53.2 Å². The Hall–Kier alpha value is -2.44. The fraction of sp³-hybridized carbons (Fsp3) is 0.176. The van der Waals surface area contributed by atoms with E-state index >= 15 is 0 Å². The number of hydrogen-bond acceptors (Lipinski definition) is 4. The lowest BCUT2D eigenvalue weighted by Gasteiger charge is -2.11. The number of para-hydroxylation sites is 1. The number of thiophene rings is 1. The third kappa shape index (κ3) is 3.67. The number of carbonyl (C=O) groups is 1. The summed E-state index contributed by atoms with van der Waals surface area (Å²) in [6.07, 6.45) is 0. The van der Waals surface area contributed by atoms with Crippen molar-refractivity contribution >= 4 is 23.1 Å². The standard InChI is InChI=1S/C17H18N4OS/c1-20(2)11-17(22)18-16-10-15(13-8-9-23-12-13)19-21(16)14-6-4-3-5-7-14/h3-10,12H,11H2,1-2H3,(H,18,22). The highest BCUT2D eigenvalue weighted by Crippen LogP contribution is 2.26. The van der Waals surface area contributed by atoms with Gasteiger partial charge in [-0.15, -0.1) is 0 Å². The van der Waals surface area contributed by atoms with E-state index in [2.05, 4.69) is 10.4 Å². The van der Waals surface area contributed by atoms with Crippen LogP contribution in [0.3, 0.4) is 0 Å². The minimum absolute atomic E-state index is 0.0658. The number of amides is 1. The van der Waals surface area contributed by atoms with Crippen LogP contribution in [0.25, 0.3) is 16.9 Å². The Morgan fingerprint density at radius 2 is 2.04 bits per heavy atom. The van der Waals surface area contributed by atoms with Gasteiger partial charge in [-0.2, -0.15) is 16.4 Å². The molecule has 2 heterocycles. The van der Waals surface area contributed by atoms with Gasteiger partial charge in [0.05, 0.1) is 17.9 Å². The van der Waals surface area contributed by atoms with Crippen molar-refractivity contribution in [2.24, 2.45) is 0 Å². The fourth-order valence-electron chi connectivity index (χ4n) is 2.26. The highest BCUT2D eigenvalue weighted by molar-refractivity contribution is 7.08. The van der Waals surface area contributed by atoms with E-state index in [1.165, 1.54) is 0 Å². The number of rotatable bonds is 5. The maximum atomic E-state index is 12.1. The van der Waals surface area contributed by atoms with Crippen molar-refractivity contribution in [2.75, 3.05) is 26.0 Å². The first-order chi connectivity index (χ1) is 11.1. The lowest BCUT2D eigenvalue weighted by Crippen LogP contribution is -2.27. The summed E-state index contributed by atoms with van der Waals surface area (Å²) in [4.78, 5) is 13.9. The first-order valence-corrected chi connectivity index (χ1v) is 8.20. The molecule has 3 rings (SSSR count). The predicted molar refractivity (Wildman–Crippen MR) is 94.1 cm³/mol. The Bertz CT molecular complexity index is 778. The van der Waals surface area contributed by atoms with Crippen LogP contribution in [-0.2, 0) is 4.79 Å². The van der Waals surface area contributed by atoms with Gasteiger partial charge in [-0.3, -0.25) is 4.79 Å². The van der Waals surface area contributed by atoms with E-state index in [1.54, 1.807) is 16.0 Å². The van der Waals surface area contributed by atoms with Crippen LogP contribution in [0.5, 0.6) is 0 Å². The summed E-state index contributed by atoms with van der Waals surface area (Å²) in [5, 5.41) is 11.7. The van der Waals surface area contributed by atoms with Gasteiger partial charge >= 0.3 is 0 Å². The third-order valence-corrected chi connectivity index (χ3v) is 3.94. The maximum Gasteiger partial charge on any atom is 0.239 e. The molecule has 0 saturated heterocycles. The second-order valence-corrected chi connectivity index (χ2v) is 6.24. The van der Waals surface area contributed by atoms with E-state index in [1.807, 2.05) is 72.2 Å². The molecule has 118 valence electrons. The van der Waals surface area contributed by atoms with Gasteiger partial charge in [0, 0.05) is 17.0 Å². The van der Waals surface area contributed by atoms with E-state index in [4.69, 9.17) is 0 Å². The summed E-state index contributed by atoms with van der Waals surface area (Å²) in [7, 11) is 3.73. The molecule has 2 aromatic heterocycles. The van der Waals surface area contributed by atoms with Crippen molar-refractivity contribution in [1.29, 1.82) is 0 Å². The van der Waals surface area contributed by atoms with Gasteiger partial charge in [0.25, 0.3) is 0 Å². The molecule has 0 saturated carbocycles. The van der Waals surface area contributed by atoms with Crippen molar-refractivity contribution in [3.05, 3.63) is 53.2 Å². The summed E-state index contributed by atoms with van der Waals surface area (Å²) in [5.74, 6) is 0.605. The van der Waals surface area contributed by atoms with Crippen LogP contribution in [0.1, 0.15) is 0 Å². The molecule has 0 unspecified atom stereocenters. The van der Waals surface area contributed by atoms with Gasteiger partial charge in [0.2, 0.25) is 5.91 Å². The van der Waals surface area contributed by atoms with Gasteiger partial charge < -0.3 is 10.2 Å². The van der Waals surface area contributed by atoms with Crippen LogP contribution in [0.4, 0.5) is 5.82 Å². The number of nitrogens with zero attached hydrogens (tertiary/aromatic N) is 3. The van der Waals surface area contributed by atoms with Crippen molar-refractivity contribution in [3.8, 4) is 16.9 Å². The number of hydrogen-bond donors (Lipinski definition) is 1. The fourth-order valence-corrected chi connectivity index (χ4v) is 2.91. The quantitative estimate of drug-likeness (QED) is 0.784. The molecular weight excluding hydrogens is 308 g/mol. The molecule has 6 heteroatoms. The molecule has 3 aromatic rings. The molecule has 0 atom stereocenters. The van der Waals surface area contributed by atoms with Crippen LogP contribution in [0.2, 0.25) is 0 Å². The molecule has 0 bridgehead atoms. The largest absolute Gasteiger partial charge is 0.309 e. The first-order valence-electron chi connectivity index (χ1n) is 7.26. The van der Waals surface area contributed by atoms with Crippen LogP contribution < -0.4 is 5.32 Å². The number of aromatic nitrogens is 2. The Kier molecular flexibility index (Phi) is 4.55. The van der Waals surface area contributed by atoms with Crippen LogP contribution in [0, 0.1) is 0 Å². The van der Waals surface area contributed by atoms with E-state index < -0.39 is 0 Å². The molecule has 0 aliphatic rings. The van der Waals surface area contributed by atoms with E-state index in [0.29, 0.717) is 12.4 Å². The highest BCUT2D eigenvalue weighted by atomic mass is 32.1. The SMILES string of the molecule is CN(C)CC(=O)Nc1cc(-c2ccsc2)nn1-c1ccccc1. The Labute approximate surface area is 139 Å². The van der Waals surface area contributed by atoms with Gasteiger partial charge in [-0.25, -0.2) is 4.68 Å². The summed E-state index contributed by atoms with van der Waals surface area (Å²) in [5.41, 5.74) is 2.80. The molecule has 23 heavy (non-hydrogen) atoms. The number of anilines is 1. The molecule has 0 aliphatic carbocycles. The van der Waals surface area contributed by atoms with Crippen molar-refractivity contribution < 1.29 is 4.79 Å². The van der Waals surface area contributed by atoms with Gasteiger partial charge in [0.15, 0.2) is 0 Å². The molecule has 1 aromatic carbocycles. The Balaban J connectivity index is 1.97. The molecule has 1 N–H and O–H groups in total. The van der Waals surface area contributed by atoms with Crippen molar-refractivity contribution in [1.82, 2.24) is 14.7 Å². The molecule has 0 radical (unpaired) electrons. The van der Waals surface area contributed by atoms with E-state index in [0.717, 1.165) is 16.9 Å². The van der Waals surface area contributed by atoms with Crippen molar-refractivity contribution in [3.63, 3.8) is 0 Å². The molecule has 0 aliphatic heterocycles. The zero-order valence-corrected chi connectivity index (χ0v) is 13.9. The summed E-state index contributed by atoms with van der Waals surface area (Å²) in [6, 6.07) is 13.7. The first kappa shape index (κ1) is 15.5. The number of carbonyl (C=O) groups excluding carboxylic acids is 1. The highest BCUT2D eigenvalue weighted by Gasteiger charge is 2.14. The molecule has 0 fully saturated rings. The monoisotopic (exact) mass is 326 g/mol. The summed E-state index contributed by atoms with van der Waals surface area (Å²) < 4.78 is 1.76. The van der Waals surface area contributed by atoms with Crippen molar-refractivity contribution in [2.45, 2.75) is 0 Å². The van der Waals surface area contributed by atoms with Gasteiger partial charge in [0.1, 0.15) is 5.82 Å². The lowest BCUT2D eigenvalue weighted by atomic mass is 10.2. The number of nitrogens with one attached hydrogen (secondary N) is 1. The molecule has 0 spiro atoms. The zero-order valence-electron chi connectivity index (χ0n) is 13.1. The van der Waals surface area contributed by atoms with E-state index in [9.17, 15) is 4.79 Å². The minimum Gasteiger partial charge on any atom is -0.309 e. The van der Waals surface area contributed by atoms with E-state index in [-0.39, 0.29) is 5.91 Å². The third-order valence-electron chi connectivity index (χ3n) is 3.25. The lowest BCUT2D eigenvalue weighted by molar-refractivity contribution is -0.116. The Morgan fingerprint density at radius 3 is 2.70 bits per heavy atom. The van der Waals surface area contributed by atoms with Crippen LogP contribution >= 0.6 is 11.3 Å². The molecule has 1 amide bonds. The second-order valence-electron chi connectivity index (χ2n) is 5.46. The average Bonchev–Trinajstić information content (AvgIpc) is 3.16. The topological polar surface area (TPSA) is 50.2 Å². The number of likely N-dealkylation sites (N-methyl/N-ethyl adjacent to an activating group) is 1. The molecule has 5 nitrogen and oxygen atoms in total. The number of benzene rings is 1. The van der Waals surface area contributed by atoms with Gasteiger partial charge in [-0.1, -0.05) is 18.2 Å². The smallest absolute Gasteiger partial charge is 0.239 e. The maximum absolute atomic E-state index is 12.1. The molecular formula is C17H18N4OS. The Morgan fingerprint density at radius 1 is 1.26 bits per heavy atom. The van der Waals surface area contributed by atoms with Crippen LogP contribution in [-0.4, -0.2) is 41.2 Å². The summed E-state index contributed by atoms with van der Waals surface area (Å²) >= 11 is 1.62. The second kappa shape index (κ2) is 6.76. The minimum atomic E-state index is -0.0658. The average molecular weight is 326 g/mol. The van der Waals surface area contributed by atoms with Gasteiger partial charge in [-0.05, 0) is 37.7 Å². The normalized spacial score (nSPS) is 10.9. The predicted octanol–water partition coefficient (Wildman–Crippen LogP) is 3.10. The zero-order chi connectivity index (χ0) is 16.2. The summed E-state index contributed by atoms with van der Waals surface area (Å²) in [6.45, 7) is 0.327.